The van der Waals surface area contributed by atoms with Crippen molar-refractivity contribution in [1.82, 2.24) is 0 Å². The van der Waals surface area contributed by atoms with Crippen molar-refractivity contribution in [3.63, 3.8) is 0 Å². The molecule has 0 aliphatic carbocycles. The van der Waals surface area contributed by atoms with Crippen LogP contribution in [0.1, 0.15) is 13.8 Å². The van der Waals surface area contributed by atoms with Crippen LogP contribution in [0.15, 0.2) is 25.0 Å². The van der Waals surface area contributed by atoms with Crippen LogP contribution in [0, 0.1) is 0 Å². The van der Waals surface area contributed by atoms with Crippen LogP contribution in [-0.4, -0.2) is 18.7 Å². The molecule has 0 aromatic carbocycles. The van der Waals surface area contributed by atoms with Gasteiger partial charge in [-0.15, -0.1) is 0 Å². The molecule has 3 heteroatoms. The van der Waals surface area contributed by atoms with E-state index < -0.39 is 12.1 Å². The van der Waals surface area contributed by atoms with Gasteiger partial charge in [0.1, 0.15) is 6.61 Å². The first-order chi connectivity index (χ1) is 5.57. The highest BCUT2D eigenvalue weighted by molar-refractivity contribution is 5.74. The van der Waals surface area contributed by atoms with Gasteiger partial charge >= 0.3 is 5.97 Å². The van der Waals surface area contributed by atoms with Crippen LogP contribution >= 0.6 is 0 Å². The molecule has 68 valence electrons. The van der Waals surface area contributed by atoms with E-state index in [0.29, 0.717) is 5.76 Å². The summed E-state index contributed by atoms with van der Waals surface area (Å²) in [5, 5.41) is 0. The van der Waals surface area contributed by atoms with Crippen molar-refractivity contribution in [2.75, 3.05) is 6.61 Å². The first-order valence-corrected chi connectivity index (χ1v) is 3.67. The zero-order valence-electron chi connectivity index (χ0n) is 7.50. The molecule has 0 radical (unpaired) electrons. The average Bonchev–Trinajstić information content (AvgIpc) is 1.98. The van der Waals surface area contributed by atoms with Crippen LogP contribution in [-0.2, 0) is 14.3 Å². The molecular weight excluding hydrogens is 156 g/mol. The molecule has 1 atom stereocenters. The Morgan fingerprint density at radius 1 is 1.67 bits per heavy atom. The van der Waals surface area contributed by atoms with Crippen molar-refractivity contribution in [2.24, 2.45) is 0 Å². The molecule has 0 aliphatic rings. The molecule has 12 heavy (non-hydrogen) atoms. The average molecular weight is 170 g/mol. The third kappa shape index (κ3) is 4.55. The van der Waals surface area contributed by atoms with E-state index in [1.54, 1.807) is 13.8 Å². The Labute approximate surface area is 72.7 Å². The van der Waals surface area contributed by atoms with Gasteiger partial charge in [0.05, 0.1) is 5.76 Å². The lowest BCUT2D eigenvalue weighted by Crippen LogP contribution is -2.22. The number of carbonyl (C=O) groups excluding carboxylic acids is 1. The highest BCUT2D eigenvalue weighted by atomic mass is 16.6. The second-order valence-electron chi connectivity index (χ2n) is 2.38. The zero-order chi connectivity index (χ0) is 9.56. The van der Waals surface area contributed by atoms with Gasteiger partial charge in [-0.05, 0) is 13.8 Å². The lowest BCUT2D eigenvalue weighted by Gasteiger charge is -2.12. The zero-order valence-corrected chi connectivity index (χ0v) is 7.50. The molecular formula is C9H14O3. The van der Waals surface area contributed by atoms with Gasteiger partial charge in [0.15, 0.2) is 6.10 Å². The van der Waals surface area contributed by atoms with Gasteiger partial charge < -0.3 is 9.47 Å². The van der Waals surface area contributed by atoms with Crippen molar-refractivity contribution < 1.29 is 14.3 Å². The fourth-order valence-electron chi connectivity index (χ4n) is 0.608. The number of hydrogen-bond acceptors (Lipinski definition) is 3. The number of esters is 1. The fraction of sp³-hybridized carbons (Fsp3) is 0.444. The maximum Gasteiger partial charge on any atom is 0.347 e. The largest absolute Gasteiger partial charge is 0.484 e. The third-order valence-corrected chi connectivity index (χ3v) is 1.05. The van der Waals surface area contributed by atoms with E-state index in [0.717, 1.165) is 0 Å². The van der Waals surface area contributed by atoms with E-state index in [1.165, 1.54) is 6.08 Å². The highest BCUT2D eigenvalue weighted by Crippen LogP contribution is 2.00. The predicted molar refractivity (Wildman–Crippen MR) is 46.5 cm³/mol. The number of allylic oxidation sites excluding steroid dienone is 1. The molecule has 0 aliphatic heterocycles. The van der Waals surface area contributed by atoms with E-state index in [-0.39, 0.29) is 6.61 Å². The summed E-state index contributed by atoms with van der Waals surface area (Å²) in [5.74, 6) is 0.0935. The van der Waals surface area contributed by atoms with Gasteiger partial charge in [-0.1, -0.05) is 19.2 Å². The van der Waals surface area contributed by atoms with E-state index in [9.17, 15) is 4.79 Å². The van der Waals surface area contributed by atoms with E-state index in [2.05, 4.69) is 13.2 Å². The van der Waals surface area contributed by atoms with Crippen LogP contribution in [0.2, 0.25) is 0 Å². The predicted octanol–water partition coefficient (Wildman–Crippen LogP) is 1.65. The molecule has 0 saturated carbocycles. The molecule has 0 amide bonds. The smallest absolute Gasteiger partial charge is 0.347 e. The lowest BCUT2D eigenvalue weighted by atomic mass is 10.4. The van der Waals surface area contributed by atoms with Crippen molar-refractivity contribution in [2.45, 2.75) is 20.0 Å². The second-order valence-corrected chi connectivity index (χ2v) is 2.38. The maximum absolute atomic E-state index is 11.0. The van der Waals surface area contributed by atoms with Gasteiger partial charge in [0.25, 0.3) is 0 Å². The molecule has 0 N–H and O–H groups in total. The van der Waals surface area contributed by atoms with Crippen molar-refractivity contribution >= 4 is 5.97 Å². The summed E-state index contributed by atoms with van der Waals surface area (Å²) in [6.07, 6.45) is 0.910. The minimum atomic E-state index is -0.595. The Morgan fingerprint density at radius 3 is 2.67 bits per heavy atom. The van der Waals surface area contributed by atoms with Crippen LogP contribution < -0.4 is 0 Å². The van der Waals surface area contributed by atoms with Gasteiger partial charge in [-0.2, -0.15) is 0 Å². The molecule has 0 heterocycles. The van der Waals surface area contributed by atoms with Crippen LogP contribution in [0.25, 0.3) is 0 Å². The topological polar surface area (TPSA) is 35.5 Å². The molecule has 0 fully saturated rings. The highest BCUT2D eigenvalue weighted by Gasteiger charge is 2.14. The number of ether oxygens (including phenoxy) is 2. The summed E-state index contributed by atoms with van der Waals surface area (Å²) in [7, 11) is 0. The summed E-state index contributed by atoms with van der Waals surface area (Å²) >= 11 is 0. The van der Waals surface area contributed by atoms with Crippen molar-refractivity contribution in [1.29, 1.82) is 0 Å². The SMILES string of the molecule is C=CCOC(=O)C(C)OC(=C)C. The fourth-order valence-corrected chi connectivity index (χ4v) is 0.608. The number of hydrogen-bond donors (Lipinski definition) is 0. The van der Waals surface area contributed by atoms with Crippen molar-refractivity contribution in [3.05, 3.63) is 25.0 Å². The Hall–Kier alpha value is -1.25. The molecule has 1 unspecified atom stereocenters. The number of carbonyl (C=O) groups is 1. The first-order valence-electron chi connectivity index (χ1n) is 3.67. The van der Waals surface area contributed by atoms with Crippen LogP contribution in [0.4, 0.5) is 0 Å². The molecule has 0 saturated heterocycles. The van der Waals surface area contributed by atoms with E-state index >= 15 is 0 Å². The Kier molecular flexibility index (Phi) is 4.84. The Bertz CT molecular complexity index is 184. The second kappa shape index (κ2) is 5.41. The normalized spacial score (nSPS) is 11.5. The lowest BCUT2D eigenvalue weighted by molar-refractivity contribution is -0.152. The monoisotopic (exact) mass is 170 g/mol. The van der Waals surface area contributed by atoms with Gasteiger partial charge in [-0.3, -0.25) is 0 Å². The van der Waals surface area contributed by atoms with E-state index in [1.807, 2.05) is 0 Å². The summed E-state index contributed by atoms with van der Waals surface area (Å²) in [4.78, 5) is 11.0. The molecule has 0 rings (SSSR count). The number of rotatable bonds is 5. The van der Waals surface area contributed by atoms with Gasteiger partial charge in [0.2, 0.25) is 0 Å². The Balaban J connectivity index is 3.76. The third-order valence-electron chi connectivity index (χ3n) is 1.05. The quantitative estimate of drug-likeness (QED) is 0.357. The summed E-state index contributed by atoms with van der Waals surface area (Å²) in [6.45, 7) is 10.4. The van der Waals surface area contributed by atoms with Crippen LogP contribution in [0.3, 0.4) is 0 Å². The van der Waals surface area contributed by atoms with Crippen LogP contribution in [0.5, 0.6) is 0 Å². The maximum atomic E-state index is 11.0. The molecule has 0 spiro atoms. The minimum absolute atomic E-state index is 0.211. The Morgan fingerprint density at radius 2 is 2.25 bits per heavy atom. The van der Waals surface area contributed by atoms with Crippen molar-refractivity contribution in [3.8, 4) is 0 Å². The minimum Gasteiger partial charge on any atom is -0.484 e. The summed E-state index contributed by atoms with van der Waals surface area (Å²) < 4.78 is 9.74. The van der Waals surface area contributed by atoms with E-state index in [4.69, 9.17) is 9.47 Å². The van der Waals surface area contributed by atoms with Gasteiger partial charge in [0, 0.05) is 0 Å². The molecule has 0 bridgehead atoms. The standard InChI is InChI=1S/C9H14O3/c1-5-6-11-9(10)8(4)12-7(2)3/h5,8H,1-2,6H2,3-4H3. The van der Waals surface area contributed by atoms with Gasteiger partial charge in [-0.25, -0.2) is 4.79 Å². The summed E-state index contributed by atoms with van der Waals surface area (Å²) in [5.41, 5.74) is 0. The first kappa shape index (κ1) is 10.8. The molecule has 0 aromatic rings. The summed E-state index contributed by atoms with van der Waals surface area (Å²) in [6, 6.07) is 0. The molecule has 3 nitrogen and oxygen atoms in total. The molecule has 0 aromatic heterocycles.